The van der Waals surface area contributed by atoms with Gasteiger partial charge in [0, 0.05) is 51.3 Å². The Kier molecular flexibility index (Phi) is 14.1. The largest absolute Gasteiger partial charge is 0.446 e. The number of Topliss-reactive ketones (excluding diaryl/α,β-unsaturated/α-hetero) is 1. The second kappa shape index (κ2) is 18.5. The molecule has 2 aromatic carbocycles. The summed E-state index contributed by atoms with van der Waals surface area (Å²) in [7, 11) is 0. The lowest BCUT2D eigenvalue weighted by atomic mass is 9.97. The summed E-state index contributed by atoms with van der Waals surface area (Å²) in [6, 6.07) is 17.8. The molecule has 0 aliphatic carbocycles. The molecule has 0 aromatic heterocycles. The maximum Gasteiger partial charge on any atom is 0.411 e. The van der Waals surface area contributed by atoms with Crippen molar-refractivity contribution >= 4 is 23.5 Å². The number of nitrogens with one attached hydrogen (secondary N) is 3. The van der Waals surface area contributed by atoms with Crippen LogP contribution in [0, 0.1) is 5.92 Å². The number of carbonyl (C=O) groups is 3. The lowest BCUT2D eigenvalue weighted by Gasteiger charge is -2.31. The number of para-hydroxylation sites is 1. The first kappa shape index (κ1) is 33.6. The van der Waals surface area contributed by atoms with Crippen molar-refractivity contribution in [2.45, 2.75) is 64.4 Å². The van der Waals surface area contributed by atoms with Crippen molar-refractivity contribution in [3.8, 4) is 11.1 Å². The molecule has 3 N–H and O–H groups in total. The van der Waals surface area contributed by atoms with Crippen molar-refractivity contribution in [1.82, 2.24) is 20.4 Å². The number of amides is 2. The zero-order valence-electron chi connectivity index (χ0n) is 26.4. The molecule has 2 amide bonds. The Morgan fingerprint density at radius 3 is 2.43 bits per heavy atom. The highest BCUT2D eigenvalue weighted by atomic mass is 16.6. The van der Waals surface area contributed by atoms with Gasteiger partial charge in [0.05, 0.1) is 18.2 Å². The first-order chi connectivity index (χ1) is 21.5. The third-order valence-electron chi connectivity index (χ3n) is 8.64. The molecule has 2 heterocycles. The standard InChI is InChI=1S/C35H51N5O4/c1-2-37-34(42)29-14-11-22-40(27-29)21-10-4-7-15-30(41)26-36-20-25-39-23-18-31(19-24-39)44-35(43)38-33-17-9-8-16-32(33)28-12-5-3-6-13-28/h3,5-6,8-9,12-13,16-17,29,31,36H,2,4,7,10-11,14-15,18-27H2,1H3,(H,37,42)(H,38,43). The zero-order chi connectivity index (χ0) is 31.0. The van der Waals surface area contributed by atoms with E-state index in [0.717, 1.165) is 108 Å². The second-order valence-corrected chi connectivity index (χ2v) is 12.0. The van der Waals surface area contributed by atoms with Crippen LogP contribution in [0.2, 0.25) is 0 Å². The first-order valence-corrected chi connectivity index (χ1v) is 16.6. The number of hydrogen-bond donors (Lipinski definition) is 3. The predicted octanol–water partition coefficient (Wildman–Crippen LogP) is 4.93. The molecule has 0 saturated carbocycles. The summed E-state index contributed by atoms with van der Waals surface area (Å²) < 4.78 is 5.75. The van der Waals surface area contributed by atoms with E-state index >= 15 is 0 Å². The van der Waals surface area contributed by atoms with Crippen LogP contribution in [0.3, 0.4) is 0 Å². The van der Waals surface area contributed by atoms with E-state index in [1.165, 1.54) is 0 Å². The quantitative estimate of drug-likeness (QED) is 0.233. The Bertz CT molecular complexity index is 1170. The fraction of sp³-hybridized carbons (Fsp3) is 0.571. The summed E-state index contributed by atoms with van der Waals surface area (Å²) in [5, 5.41) is 9.19. The Morgan fingerprint density at radius 2 is 1.64 bits per heavy atom. The summed E-state index contributed by atoms with van der Waals surface area (Å²) in [6.07, 6.45) is 6.83. The van der Waals surface area contributed by atoms with Gasteiger partial charge in [0.15, 0.2) is 0 Å². The smallest absolute Gasteiger partial charge is 0.411 e. The summed E-state index contributed by atoms with van der Waals surface area (Å²) in [5.41, 5.74) is 2.75. The average Bonchev–Trinajstić information content (AvgIpc) is 3.04. The third kappa shape index (κ3) is 11.3. The van der Waals surface area contributed by atoms with E-state index in [0.29, 0.717) is 19.5 Å². The van der Waals surface area contributed by atoms with Crippen molar-refractivity contribution in [3.63, 3.8) is 0 Å². The Morgan fingerprint density at radius 1 is 0.864 bits per heavy atom. The van der Waals surface area contributed by atoms with Gasteiger partial charge in [-0.1, -0.05) is 55.0 Å². The van der Waals surface area contributed by atoms with Gasteiger partial charge in [-0.05, 0) is 70.2 Å². The van der Waals surface area contributed by atoms with E-state index in [-0.39, 0.29) is 23.7 Å². The van der Waals surface area contributed by atoms with E-state index in [4.69, 9.17) is 4.74 Å². The van der Waals surface area contributed by atoms with Crippen molar-refractivity contribution in [2.24, 2.45) is 5.92 Å². The number of rotatable bonds is 16. The maximum atomic E-state index is 12.7. The van der Waals surface area contributed by atoms with Crippen LogP contribution in [0.4, 0.5) is 10.5 Å². The predicted molar refractivity (Wildman–Crippen MR) is 176 cm³/mol. The van der Waals surface area contributed by atoms with Gasteiger partial charge in [0.1, 0.15) is 11.9 Å². The molecular formula is C35H51N5O4. The molecule has 2 fully saturated rings. The van der Waals surface area contributed by atoms with Gasteiger partial charge in [-0.3, -0.25) is 14.9 Å². The Hall–Kier alpha value is -3.27. The topological polar surface area (TPSA) is 103 Å². The van der Waals surface area contributed by atoms with Crippen LogP contribution < -0.4 is 16.0 Å². The number of piperidine rings is 2. The molecule has 0 spiro atoms. The number of ether oxygens (including phenoxy) is 1. The van der Waals surface area contributed by atoms with E-state index in [1.54, 1.807) is 0 Å². The number of benzene rings is 2. The Labute approximate surface area is 263 Å². The monoisotopic (exact) mass is 605 g/mol. The molecule has 2 aliphatic rings. The van der Waals surface area contributed by atoms with Gasteiger partial charge in [0.2, 0.25) is 5.91 Å². The number of nitrogens with zero attached hydrogens (tertiary/aromatic N) is 2. The van der Waals surface area contributed by atoms with Crippen molar-refractivity contribution in [3.05, 3.63) is 54.6 Å². The lowest BCUT2D eigenvalue weighted by Crippen LogP contribution is -2.43. The molecule has 0 radical (unpaired) electrons. The van der Waals surface area contributed by atoms with Crippen LogP contribution in [0.1, 0.15) is 58.3 Å². The minimum Gasteiger partial charge on any atom is -0.446 e. The van der Waals surface area contributed by atoms with Gasteiger partial charge in [-0.2, -0.15) is 0 Å². The summed E-state index contributed by atoms with van der Waals surface area (Å²) in [5.74, 6) is 0.582. The van der Waals surface area contributed by atoms with Gasteiger partial charge in [0.25, 0.3) is 0 Å². The molecule has 2 aromatic rings. The molecule has 2 saturated heterocycles. The normalized spacial score (nSPS) is 18.1. The van der Waals surface area contributed by atoms with Gasteiger partial charge in [-0.25, -0.2) is 4.79 Å². The van der Waals surface area contributed by atoms with E-state index in [9.17, 15) is 14.4 Å². The molecule has 1 unspecified atom stereocenters. The van der Waals surface area contributed by atoms with E-state index in [2.05, 4.69) is 25.8 Å². The van der Waals surface area contributed by atoms with E-state index < -0.39 is 6.09 Å². The van der Waals surface area contributed by atoms with E-state index in [1.807, 2.05) is 61.5 Å². The molecule has 9 heteroatoms. The number of anilines is 1. The van der Waals surface area contributed by atoms with Crippen LogP contribution in [0.15, 0.2) is 54.6 Å². The third-order valence-corrected chi connectivity index (χ3v) is 8.64. The van der Waals surface area contributed by atoms with Crippen LogP contribution in [0.25, 0.3) is 11.1 Å². The molecule has 240 valence electrons. The number of unbranched alkanes of at least 4 members (excludes halogenated alkanes) is 2. The zero-order valence-corrected chi connectivity index (χ0v) is 26.4. The van der Waals surface area contributed by atoms with Gasteiger partial charge >= 0.3 is 6.09 Å². The molecule has 44 heavy (non-hydrogen) atoms. The summed E-state index contributed by atoms with van der Waals surface area (Å²) >= 11 is 0. The molecule has 1 atom stereocenters. The highest BCUT2D eigenvalue weighted by Crippen LogP contribution is 2.28. The van der Waals surface area contributed by atoms with Crippen LogP contribution in [-0.4, -0.2) is 92.6 Å². The molecule has 0 bridgehead atoms. The van der Waals surface area contributed by atoms with Crippen LogP contribution >= 0.6 is 0 Å². The van der Waals surface area contributed by atoms with Crippen molar-refractivity contribution < 1.29 is 19.1 Å². The highest BCUT2D eigenvalue weighted by molar-refractivity contribution is 5.91. The number of hydrogen-bond acceptors (Lipinski definition) is 7. The fourth-order valence-corrected chi connectivity index (χ4v) is 6.18. The van der Waals surface area contributed by atoms with Crippen molar-refractivity contribution in [2.75, 3.05) is 64.2 Å². The Balaban J connectivity index is 1.01. The molecule has 9 nitrogen and oxygen atoms in total. The number of likely N-dealkylation sites (tertiary alicyclic amines) is 2. The highest BCUT2D eigenvalue weighted by Gasteiger charge is 2.25. The second-order valence-electron chi connectivity index (χ2n) is 12.0. The minimum atomic E-state index is -0.413. The number of carbonyl (C=O) groups excluding carboxylic acids is 3. The van der Waals surface area contributed by atoms with Crippen molar-refractivity contribution in [1.29, 1.82) is 0 Å². The summed E-state index contributed by atoms with van der Waals surface area (Å²) in [4.78, 5) is 41.9. The van der Waals surface area contributed by atoms with Crippen LogP contribution in [0.5, 0.6) is 0 Å². The molecular weight excluding hydrogens is 554 g/mol. The SMILES string of the molecule is CCNC(=O)C1CCCN(CCCCCC(=O)CNCCN2CCC(OC(=O)Nc3ccccc3-c3ccccc3)CC2)C1. The van der Waals surface area contributed by atoms with Gasteiger partial charge < -0.3 is 25.2 Å². The van der Waals surface area contributed by atoms with Crippen LogP contribution in [-0.2, 0) is 14.3 Å². The number of ketones is 1. The lowest BCUT2D eigenvalue weighted by molar-refractivity contribution is -0.126. The maximum absolute atomic E-state index is 12.7. The fourth-order valence-electron chi connectivity index (χ4n) is 6.18. The summed E-state index contributed by atoms with van der Waals surface area (Å²) in [6.45, 7) is 9.42. The molecule has 4 rings (SSSR count). The minimum absolute atomic E-state index is 0.0958. The molecule has 2 aliphatic heterocycles. The van der Waals surface area contributed by atoms with Gasteiger partial charge in [-0.15, -0.1) is 0 Å². The first-order valence-electron chi connectivity index (χ1n) is 16.6. The average molecular weight is 606 g/mol.